The number of ether oxygens (including phenoxy) is 1. The third kappa shape index (κ3) is 3.43. The summed E-state index contributed by atoms with van der Waals surface area (Å²) in [5, 5.41) is 0. The SMILES string of the molecule is COCC(C)N(C)C(=O)C(C)(C)C(N)=S. The minimum absolute atomic E-state index is 0.0103. The van der Waals surface area contributed by atoms with E-state index in [2.05, 4.69) is 0 Å². The molecule has 0 fully saturated rings. The Morgan fingerprint density at radius 3 is 2.40 bits per heavy atom. The van der Waals surface area contributed by atoms with Gasteiger partial charge >= 0.3 is 0 Å². The summed E-state index contributed by atoms with van der Waals surface area (Å²) in [6, 6.07) is 0.0103. The van der Waals surface area contributed by atoms with Crippen LogP contribution in [0.15, 0.2) is 0 Å². The van der Waals surface area contributed by atoms with Gasteiger partial charge in [-0.05, 0) is 20.8 Å². The van der Waals surface area contributed by atoms with Crippen LogP contribution in [0, 0.1) is 5.41 Å². The van der Waals surface area contributed by atoms with Gasteiger partial charge in [-0.15, -0.1) is 0 Å². The maximum Gasteiger partial charge on any atom is 0.235 e. The molecule has 88 valence electrons. The fraction of sp³-hybridized carbons (Fsp3) is 0.800. The standard InChI is InChI=1S/C10H20N2O2S/c1-7(6-14-5)12(4)9(13)10(2,3)8(11)15/h7H,6H2,1-5H3,(H2,11,15). The van der Waals surface area contributed by atoms with E-state index in [0.29, 0.717) is 6.61 Å². The smallest absolute Gasteiger partial charge is 0.235 e. The molecule has 0 aliphatic heterocycles. The molecular weight excluding hydrogens is 212 g/mol. The first kappa shape index (κ1) is 14.3. The van der Waals surface area contributed by atoms with Crippen molar-refractivity contribution in [3.63, 3.8) is 0 Å². The van der Waals surface area contributed by atoms with Crippen molar-refractivity contribution in [1.29, 1.82) is 0 Å². The Kier molecular flexibility index (Phi) is 5.17. The number of hydrogen-bond donors (Lipinski definition) is 1. The molecule has 1 unspecified atom stereocenters. The van der Waals surface area contributed by atoms with Crippen LogP contribution in [0.1, 0.15) is 20.8 Å². The van der Waals surface area contributed by atoms with Crippen LogP contribution in [0.25, 0.3) is 0 Å². The van der Waals surface area contributed by atoms with Gasteiger partial charge in [0.2, 0.25) is 5.91 Å². The Morgan fingerprint density at radius 1 is 1.60 bits per heavy atom. The van der Waals surface area contributed by atoms with Gasteiger partial charge in [0.05, 0.1) is 23.1 Å². The van der Waals surface area contributed by atoms with Crippen molar-refractivity contribution in [1.82, 2.24) is 4.90 Å². The molecule has 1 atom stereocenters. The first-order chi connectivity index (χ1) is 6.75. The second kappa shape index (κ2) is 5.42. The second-order valence-corrected chi connectivity index (χ2v) is 4.65. The molecule has 0 rings (SSSR count). The zero-order valence-corrected chi connectivity index (χ0v) is 10.9. The molecule has 0 saturated heterocycles. The van der Waals surface area contributed by atoms with Crippen LogP contribution in [0.5, 0.6) is 0 Å². The minimum atomic E-state index is -0.800. The lowest BCUT2D eigenvalue weighted by molar-refractivity contribution is -0.138. The zero-order chi connectivity index (χ0) is 12.2. The van der Waals surface area contributed by atoms with Crippen LogP contribution >= 0.6 is 12.2 Å². The van der Waals surface area contributed by atoms with Crippen molar-refractivity contribution in [3.05, 3.63) is 0 Å². The fourth-order valence-corrected chi connectivity index (χ4v) is 1.19. The van der Waals surface area contributed by atoms with Crippen LogP contribution in [0.4, 0.5) is 0 Å². The van der Waals surface area contributed by atoms with Gasteiger partial charge in [0.25, 0.3) is 0 Å². The van der Waals surface area contributed by atoms with Crippen LogP contribution in [0.3, 0.4) is 0 Å². The lowest BCUT2D eigenvalue weighted by Crippen LogP contribution is -2.49. The van der Waals surface area contributed by atoms with Gasteiger partial charge in [0.1, 0.15) is 0 Å². The van der Waals surface area contributed by atoms with Crippen molar-refractivity contribution in [2.45, 2.75) is 26.8 Å². The molecule has 15 heavy (non-hydrogen) atoms. The van der Waals surface area contributed by atoms with Crippen molar-refractivity contribution < 1.29 is 9.53 Å². The van der Waals surface area contributed by atoms with Crippen LogP contribution < -0.4 is 5.73 Å². The molecule has 0 saturated carbocycles. The summed E-state index contributed by atoms with van der Waals surface area (Å²) in [7, 11) is 3.33. The summed E-state index contributed by atoms with van der Waals surface area (Å²) in [5.74, 6) is -0.0837. The van der Waals surface area contributed by atoms with Gasteiger partial charge < -0.3 is 15.4 Å². The van der Waals surface area contributed by atoms with Gasteiger partial charge in [0.15, 0.2) is 0 Å². The highest BCUT2D eigenvalue weighted by Gasteiger charge is 2.34. The summed E-state index contributed by atoms with van der Waals surface area (Å²) >= 11 is 4.88. The molecule has 5 heteroatoms. The molecule has 2 N–H and O–H groups in total. The topological polar surface area (TPSA) is 55.6 Å². The normalized spacial score (nSPS) is 13.4. The summed E-state index contributed by atoms with van der Waals surface area (Å²) in [5.41, 5.74) is 4.74. The number of nitrogens with zero attached hydrogens (tertiary/aromatic N) is 1. The van der Waals surface area contributed by atoms with Crippen LogP contribution in [0.2, 0.25) is 0 Å². The first-order valence-electron chi connectivity index (χ1n) is 4.81. The van der Waals surface area contributed by atoms with Crippen LogP contribution in [-0.4, -0.2) is 42.6 Å². The minimum Gasteiger partial charge on any atom is -0.392 e. The number of likely N-dealkylation sites (N-methyl/N-ethyl adjacent to an activating group) is 1. The highest BCUT2D eigenvalue weighted by molar-refractivity contribution is 7.80. The average molecular weight is 232 g/mol. The Balaban J connectivity index is 4.64. The summed E-state index contributed by atoms with van der Waals surface area (Å²) in [6.45, 7) is 5.87. The van der Waals surface area contributed by atoms with Crippen molar-refractivity contribution in [3.8, 4) is 0 Å². The van der Waals surface area contributed by atoms with Gasteiger partial charge in [-0.25, -0.2) is 0 Å². The molecule has 0 heterocycles. The van der Waals surface area contributed by atoms with E-state index in [0.717, 1.165) is 0 Å². The van der Waals surface area contributed by atoms with Gasteiger partial charge in [-0.2, -0.15) is 0 Å². The molecule has 0 spiro atoms. The van der Waals surface area contributed by atoms with Gasteiger partial charge in [-0.1, -0.05) is 12.2 Å². The quantitative estimate of drug-likeness (QED) is 0.712. The van der Waals surface area contributed by atoms with Crippen molar-refractivity contribution >= 4 is 23.1 Å². The zero-order valence-electron chi connectivity index (χ0n) is 10.0. The molecule has 1 amide bonds. The number of carbonyl (C=O) groups excluding carboxylic acids is 1. The second-order valence-electron chi connectivity index (χ2n) is 4.21. The molecular formula is C10H20N2O2S. The van der Waals surface area contributed by atoms with E-state index in [1.165, 1.54) is 0 Å². The Morgan fingerprint density at radius 2 is 2.07 bits per heavy atom. The maximum atomic E-state index is 12.0. The molecule has 0 radical (unpaired) electrons. The monoisotopic (exact) mass is 232 g/mol. The molecule has 0 aliphatic rings. The molecule has 4 nitrogen and oxygen atoms in total. The van der Waals surface area contributed by atoms with Crippen molar-refractivity contribution in [2.75, 3.05) is 20.8 Å². The number of nitrogens with two attached hydrogens (primary N) is 1. The van der Waals surface area contributed by atoms with E-state index in [-0.39, 0.29) is 16.9 Å². The maximum absolute atomic E-state index is 12.0. The van der Waals surface area contributed by atoms with E-state index in [1.807, 2.05) is 6.92 Å². The number of carbonyl (C=O) groups is 1. The molecule has 0 aromatic carbocycles. The first-order valence-corrected chi connectivity index (χ1v) is 5.22. The number of amides is 1. The van der Waals surface area contributed by atoms with Crippen LogP contribution in [-0.2, 0) is 9.53 Å². The Labute approximate surface area is 96.8 Å². The largest absolute Gasteiger partial charge is 0.392 e. The number of methoxy groups -OCH3 is 1. The van der Waals surface area contributed by atoms with E-state index in [9.17, 15) is 4.79 Å². The molecule has 0 aromatic heterocycles. The summed E-state index contributed by atoms with van der Waals surface area (Å²) < 4.78 is 4.99. The van der Waals surface area contributed by atoms with E-state index in [1.54, 1.807) is 32.9 Å². The Hall–Kier alpha value is -0.680. The predicted molar refractivity (Wildman–Crippen MR) is 64.7 cm³/mol. The van der Waals surface area contributed by atoms with Gasteiger partial charge in [0, 0.05) is 14.2 Å². The molecule has 0 aromatic rings. The third-order valence-electron chi connectivity index (χ3n) is 2.54. The van der Waals surface area contributed by atoms with E-state index < -0.39 is 5.41 Å². The number of rotatable bonds is 5. The Bertz CT molecular complexity index is 254. The fourth-order valence-electron chi connectivity index (χ4n) is 1.10. The van der Waals surface area contributed by atoms with E-state index in [4.69, 9.17) is 22.7 Å². The molecule has 0 aliphatic carbocycles. The lowest BCUT2D eigenvalue weighted by Gasteiger charge is -2.32. The third-order valence-corrected chi connectivity index (χ3v) is 3.05. The summed E-state index contributed by atoms with van der Waals surface area (Å²) in [6.07, 6.45) is 0. The lowest BCUT2D eigenvalue weighted by atomic mass is 9.91. The van der Waals surface area contributed by atoms with E-state index >= 15 is 0 Å². The average Bonchev–Trinajstić information content (AvgIpc) is 2.15. The van der Waals surface area contributed by atoms with Gasteiger partial charge in [-0.3, -0.25) is 4.79 Å². The molecule has 0 bridgehead atoms. The predicted octanol–water partition coefficient (Wildman–Crippen LogP) is 0.792. The highest BCUT2D eigenvalue weighted by Crippen LogP contribution is 2.19. The highest BCUT2D eigenvalue weighted by atomic mass is 32.1. The summed E-state index contributed by atoms with van der Waals surface area (Å²) in [4.78, 5) is 13.9. The number of hydrogen-bond acceptors (Lipinski definition) is 3. The van der Waals surface area contributed by atoms with Crippen molar-refractivity contribution in [2.24, 2.45) is 11.1 Å². The number of thiocarbonyl (C=S) groups is 1.